The summed E-state index contributed by atoms with van der Waals surface area (Å²) in [6.45, 7) is 1.65. The first kappa shape index (κ1) is 10.8. The van der Waals surface area contributed by atoms with Gasteiger partial charge in [-0.05, 0) is 28.1 Å². The van der Waals surface area contributed by atoms with Crippen molar-refractivity contribution in [2.45, 2.75) is 6.92 Å². The fourth-order valence-corrected chi connectivity index (χ4v) is 1.92. The maximum absolute atomic E-state index is 11.8. The number of halogens is 1. The normalized spacial score (nSPS) is 10.6. The van der Waals surface area contributed by atoms with E-state index in [0.29, 0.717) is 25.8 Å². The van der Waals surface area contributed by atoms with E-state index in [1.807, 2.05) is 0 Å². The molecular formula is C10H7BrN2O3. The third-order valence-electron chi connectivity index (χ3n) is 2.40. The predicted octanol–water partition coefficient (Wildman–Crippen LogP) is 2.45. The molecule has 0 bridgehead atoms. The molecule has 0 N–H and O–H groups in total. The number of benzene rings is 1. The van der Waals surface area contributed by atoms with Crippen LogP contribution in [-0.2, 0) is 0 Å². The topological polar surface area (TPSA) is 70.1 Å². The van der Waals surface area contributed by atoms with E-state index < -0.39 is 4.92 Å². The molecule has 1 aromatic heterocycles. The minimum atomic E-state index is -0.496. The third kappa shape index (κ3) is 1.51. The van der Waals surface area contributed by atoms with Crippen LogP contribution in [0.3, 0.4) is 0 Å². The Bertz CT molecular complexity index is 598. The number of rotatable bonds is 1. The second kappa shape index (κ2) is 3.71. The summed E-state index contributed by atoms with van der Waals surface area (Å²) in [5.41, 5.74) is 0.714. The number of nitrogens with zero attached hydrogens (tertiary/aromatic N) is 2. The minimum Gasteiger partial charge on any atom is -0.618 e. The molecule has 2 aromatic rings. The van der Waals surface area contributed by atoms with Gasteiger partial charge in [-0.15, -0.1) is 0 Å². The monoisotopic (exact) mass is 282 g/mol. The zero-order valence-electron chi connectivity index (χ0n) is 8.31. The fraction of sp³-hybridized carbons (Fsp3) is 0.100. The van der Waals surface area contributed by atoms with E-state index in [1.165, 1.54) is 12.1 Å². The van der Waals surface area contributed by atoms with Gasteiger partial charge in [-0.2, -0.15) is 4.73 Å². The molecule has 16 heavy (non-hydrogen) atoms. The van der Waals surface area contributed by atoms with Gasteiger partial charge in [0.25, 0.3) is 5.69 Å². The van der Waals surface area contributed by atoms with Crippen molar-refractivity contribution in [2.75, 3.05) is 0 Å². The number of hydrogen-bond acceptors (Lipinski definition) is 3. The Morgan fingerprint density at radius 3 is 2.75 bits per heavy atom. The molecule has 0 aliphatic carbocycles. The molecule has 2 rings (SSSR count). The van der Waals surface area contributed by atoms with Crippen molar-refractivity contribution in [3.8, 4) is 0 Å². The van der Waals surface area contributed by atoms with Crippen LogP contribution in [0.25, 0.3) is 10.9 Å². The smallest absolute Gasteiger partial charge is 0.283 e. The number of fused-ring (bicyclic) bond motifs is 1. The van der Waals surface area contributed by atoms with Gasteiger partial charge in [0.2, 0.25) is 11.2 Å². The molecule has 0 radical (unpaired) electrons. The number of hydrogen-bond donors (Lipinski definition) is 0. The van der Waals surface area contributed by atoms with Crippen molar-refractivity contribution in [3.63, 3.8) is 0 Å². The second-order valence-electron chi connectivity index (χ2n) is 3.34. The highest BCUT2D eigenvalue weighted by atomic mass is 79.9. The maximum Gasteiger partial charge on any atom is 0.283 e. The lowest BCUT2D eigenvalue weighted by molar-refractivity contribution is -0.585. The van der Waals surface area contributed by atoms with E-state index in [-0.39, 0.29) is 5.69 Å². The SMILES string of the molecule is Cc1c(Br)cc2c([N+](=O)[O-])cccc2[n+]1[O-]. The largest absolute Gasteiger partial charge is 0.618 e. The molecule has 1 heterocycles. The number of nitro groups is 1. The van der Waals surface area contributed by atoms with E-state index in [1.54, 1.807) is 19.1 Å². The summed E-state index contributed by atoms with van der Waals surface area (Å²) < 4.78 is 1.25. The lowest BCUT2D eigenvalue weighted by Crippen LogP contribution is -2.31. The van der Waals surface area contributed by atoms with Crippen LogP contribution in [0.15, 0.2) is 28.7 Å². The van der Waals surface area contributed by atoms with Gasteiger partial charge >= 0.3 is 0 Å². The predicted molar refractivity (Wildman–Crippen MR) is 62.0 cm³/mol. The van der Waals surface area contributed by atoms with Crippen LogP contribution in [0.2, 0.25) is 0 Å². The van der Waals surface area contributed by atoms with Crippen molar-refractivity contribution < 1.29 is 9.65 Å². The van der Waals surface area contributed by atoms with Crippen LogP contribution in [0.1, 0.15) is 5.69 Å². The summed E-state index contributed by atoms with van der Waals surface area (Å²) in [4.78, 5) is 10.3. The van der Waals surface area contributed by atoms with Gasteiger partial charge in [0.05, 0.1) is 9.40 Å². The first-order chi connectivity index (χ1) is 7.52. The molecule has 0 aliphatic rings. The molecule has 0 spiro atoms. The summed E-state index contributed by atoms with van der Waals surface area (Å²) in [6.07, 6.45) is 0. The van der Waals surface area contributed by atoms with Crippen LogP contribution in [-0.4, -0.2) is 4.92 Å². The fourth-order valence-electron chi connectivity index (χ4n) is 1.53. The van der Waals surface area contributed by atoms with Crippen LogP contribution in [0.5, 0.6) is 0 Å². The van der Waals surface area contributed by atoms with Gasteiger partial charge in [-0.25, -0.2) is 0 Å². The Morgan fingerprint density at radius 1 is 1.44 bits per heavy atom. The Morgan fingerprint density at radius 2 is 2.12 bits per heavy atom. The van der Waals surface area contributed by atoms with Crippen molar-refractivity contribution >= 4 is 32.5 Å². The van der Waals surface area contributed by atoms with Gasteiger partial charge in [0.1, 0.15) is 5.39 Å². The van der Waals surface area contributed by atoms with Crippen molar-refractivity contribution in [1.82, 2.24) is 0 Å². The summed E-state index contributed by atoms with van der Waals surface area (Å²) in [7, 11) is 0. The van der Waals surface area contributed by atoms with Crippen LogP contribution in [0, 0.1) is 22.2 Å². The Labute approximate surface area is 99.2 Å². The Kier molecular flexibility index (Phi) is 2.51. The standard InChI is InChI=1S/C10H7BrN2O3/c1-6-8(11)5-7-9(12(6)14)3-2-4-10(7)13(15)16/h2-5H,1H3. The Hall–Kier alpha value is -1.69. The summed E-state index contributed by atoms with van der Waals surface area (Å²) >= 11 is 3.21. The Balaban J connectivity index is 2.95. The minimum absolute atomic E-state index is 0.0669. The van der Waals surface area contributed by atoms with E-state index in [9.17, 15) is 15.3 Å². The maximum atomic E-state index is 11.8. The van der Waals surface area contributed by atoms with Crippen LogP contribution < -0.4 is 4.73 Å². The molecule has 6 heteroatoms. The van der Waals surface area contributed by atoms with E-state index in [4.69, 9.17) is 0 Å². The first-order valence-corrected chi connectivity index (χ1v) is 5.27. The average Bonchev–Trinajstić information content (AvgIpc) is 2.25. The molecule has 0 fully saturated rings. The molecule has 0 saturated carbocycles. The average molecular weight is 283 g/mol. The van der Waals surface area contributed by atoms with Crippen molar-refractivity contribution in [3.05, 3.63) is 49.8 Å². The summed E-state index contributed by atoms with van der Waals surface area (Å²) in [6, 6.07) is 6.04. The zero-order valence-corrected chi connectivity index (χ0v) is 9.89. The lowest BCUT2D eigenvalue weighted by Gasteiger charge is -2.06. The number of aromatic nitrogens is 1. The summed E-state index contributed by atoms with van der Waals surface area (Å²) in [5.74, 6) is 0. The van der Waals surface area contributed by atoms with Gasteiger partial charge < -0.3 is 5.21 Å². The molecule has 1 aromatic carbocycles. The van der Waals surface area contributed by atoms with Crippen LogP contribution in [0.4, 0.5) is 5.69 Å². The van der Waals surface area contributed by atoms with Crippen molar-refractivity contribution in [1.29, 1.82) is 0 Å². The molecule has 82 valence electrons. The first-order valence-electron chi connectivity index (χ1n) is 4.48. The zero-order chi connectivity index (χ0) is 11.9. The van der Waals surface area contributed by atoms with Gasteiger partial charge in [-0.3, -0.25) is 10.1 Å². The van der Waals surface area contributed by atoms with Crippen LogP contribution >= 0.6 is 15.9 Å². The lowest BCUT2D eigenvalue weighted by atomic mass is 10.1. The molecule has 5 nitrogen and oxygen atoms in total. The van der Waals surface area contributed by atoms with Gasteiger partial charge in [0, 0.05) is 19.1 Å². The highest BCUT2D eigenvalue weighted by Crippen LogP contribution is 2.27. The quantitative estimate of drug-likeness (QED) is 0.349. The molecule has 0 atom stereocenters. The third-order valence-corrected chi connectivity index (χ3v) is 3.20. The highest BCUT2D eigenvalue weighted by Gasteiger charge is 2.19. The van der Waals surface area contributed by atoms with Crippen molar-refractivity contribution in [2.24, 2.45) is 0 Å². The number of pyridine rings is 1. The summed E-state index contributed by atoms with van der Waals surface area (Å²) in [5, 5.41) is 22.9. The highest BCUT2D eigenvalue weighted by molar-refractivity contribution is 9.10. The molecule has 0 amide bonds. The van der Waals surface area contributed by atoms with E-state index in [0.717, 1.165) is 0 Å². The van der Waals surface area contributed by atoms with Gasteiger partial charge in [-0.1, -0.05) is 0 Å². The molecule has 0 aliphatic heterocycles. The molecule has 0 saturated heterocycles. The van der Waals surface area contributed by atoms with E-state index in [2.05, 4.69) is 15.9 Å². The number of non-ortho nitro benzene ring substituents is 1. The van der Waals surface area contributed by atoms with E-state index >= 15 is 0 Å². The molecular weight excluding hydrogens is 276 g/mol. The second-order valence-corrected chi connectivity index (χ2v) is 4.19. The molecule has 0 unspecified atom stereocenters. The van der Waals surface area contributed by atoms with Gasteiger partial charge in [0.15, 0.2) is 0 Å². The number of nitro benzene ring substituents is 1.